The van der Waals surface area contributed by atoms with Gasteiger partial charge in [0.15, 0.2) is 0 Å². The van der Waals surface area contributed by atoms with Crippen LogP contribution in [0.1, 0.15) is 6.92 Å². The Bertz CT molecular complexity index is 1120. The van der Waals surface area contributed by atoms with E-state index in [9.17, 15) is 36.3 Å². The van der Waals surface area contributed by atoms with Crippen LogP contribution in [-0.2, 0) is 19.4 Å². The minimum atomic E-state index is -5.22. The van der Waals surface area contributed by atoms with Crippen molar-refractivity contribution in [3.05, 3.63) is 47.5 Å². The third kappa shape index (κ3) is 5.74. The van der Waals surface area contributed by atoms with E-state index < -0.39 is 27.5 Å². The quantitative estimate of drug-likeness (QED) is 0.493. The summed E-state index contributed by atoms with van der Waals surface area (Å²) in [6.45, 7) is 0.283. The molecule has 32 heavy (non-hydrogen) atoms. The smallest absolute Gasteiger partial charge is 0.373 e. The number of anilines is 1. The van der Waals surface area contributed by atoms with Gasteiger partial charge in [0.05, 0.1) is 26.3 Å². The van der Waals surface area contributed by atoms with Crippen molar-refractivity contribution in [3.63, 3.8) is 0 Å². The number of aliphatic hydroxyl groups is 1. The topological polar surface area (TPSA) is 113 Å². The molecule has 0 aliphatic carbocycles. The first-order chi connectivity index (χ1) is 14.7. The normalized spacial score (nSPS) is 13.8. The number of benzene rings is 2. The third-order valence-electron chi connectivity index (χ3n) is 4.28. The number of rotatable bonds is 7. The summed E-state index contributed by atoms with van der Waals surface area (Å²) in [6, 6.07) is 8.78. The molecule has 0 aliphatic heterocycles. The van der Waals surface area contributed by atoms with Gasteiger partial charge in [-0.15, -0.1) is 11.8 Å². The van der Waals surface area contributed by atoms with Crippen LogP contribution in [-0.4, -0.2) is 49.9 Å². The van der Waals surface area contributed by atoms with Gasteiger partial charge in [0.2, 0.25) is 21.3 Å². The van der Waals surface area contributed by atoms with E-state index in [4.69, 9.17) is 11.6 Å². The van der Waals surface area contributed by atoms with Gasteiger partial charge >= 0.3 is 6.18 Å². The van der Waals surface area contributed by atoms with Crippen LogP contribution in [0, 0.1) is 0 Å². The lowest BCUT2D eigenvalue weighted by Crippen LogP contribution is -2.52. The molecule has 0 saturated carbocycles. The monoisotopic (exact) mass is 510 g/mol. The SMILES string of the molecule is CNC(=O)CSc1ccc(S(=O)(=O)c2ccc(NC(=O)[C@@](C)(O)C(F)(F)F)c(Cl)c2)cc1. The van der Waals surface area contributed by atoms with Crippen molar-refractivity contribution in [1.82, 2.24) is 5.32 Å². The van der Waals surface area contributed by atoms with Crippen molar-refractivity contribution in [1.29, 1.82) is 0 Å². The van der Waals surface area contributed by atoms with Crippen LogP contribution >= 0.6 is 23.4 Å². The number of sulfone groups is 1. The summed E-state index contributed by atoms with van der Waals surface area (Å²) in [7, 11) is -2.53. The van der Waals surface area contributed by atoms with Crippen LogP contribution in [0.2, 0.25) is 5.02 Å². The molecule has 0 saturated heterocycles. The van der Waals surface area contributed by atoms with Crippen molar-refractivity contribution in [3.8, 4) is 0 Å². The van der Waals surface area contributed by atoms with E-state index in [1.54, 1.807) is 0 Å². The minimum Gasteiger partial charge on any atom is -0.373 e. The van der Waals surface area contributed by atoms with E-state index in [0.717, 1.165) is 18.2 Å². The molecule has 0 bridgehead atoms. The fourth-order valence-corrected chi connectivity index (χ4v) is 4.56. The summed E-state index contributed by atoms with van der Waals surface area (Å²) < 4.78 is 64.0. The Morgan fingerprint density at radius 2 is 1.66 bits per heavy atom. The van der Waals surface area contributed by atoms with E-state index in [2.05, 4.69) is 5.32 Å². The minimum absolute atomic E-state index is 0.0744. The Balaban J connectivity index is 2.23. The zero-order valence-electron chi connectivity index (χ0n) is 16.7. The molecule has 0 aliphatic rings. The molecule has 0 radical (unpaired) electrons. The fourth-order valence-electron chi connectivity index (χ4n) is 2.21. The first kappa shape index (κ1) is 26.0. The van der Waals surface area contributed by atoms with E-state index >= 15 is 0 Å². The van der Waals surface area contributed by atoms with Gasteiger partial charge in [-0.3, -0.25) is 9.59 Å². The van der Waals surface area contributed by atoms with E-state index in [0.29, 0.717) is 4.90 Å². The number of carbonyl (C=O) groups is 2. The van der Waals surface area contributed by atoms with Crippen molar-refractivity contribution >= 4 is 50.7 Å². The maximum absolute atomic E-state index is 12.8. The lowest BCUT2D eigenvalue weighted by Gasteiger charge is -2.25. The van der Waals surface area contributed by atoms with Gasteiger partial charge in [-0.1, -0.05) is 11.6 Å². The Labute approximate surface area is 191 Å². The Kier molecular flexibility index (Phi) is 7.87. The molecule has 0 heterocycles. The zero-order valence-corrected chi connectivity index (χ0v) is 19.0. The molecule has 1 atom stereocenters. The fraction of sp³-hybridized carbons (Fsp3) is 0.263. The Morgan fingerprint density at radius 1 is 1.09 bits per heavy atom. The average molecular weight is 511 g/mol. The number of hydrogen-bond acceptors (Lipinski definition) is 6. The van der Waals surface area contributed by atoms with Crippen LogP contribution in [0.3, 0.4) is 0 Å². The maximum atomic E-state index is 12.8. The second-order valence-corrected chi connectivity index (χ2v) is 10.0. The molecule has 13 heteroatoms. The van der Waals surface area contributed by atoms with Gasteiger partial charge in [0.1, 0.15) is 0 Å². The molecular weight excluding hydrogens is 493 g/mol. The van der Waals surface area contributed by atoms with Crippen LogP contribution in [0.25, 0.3) is 0 Å². The molecule has 2 amide bonds. The van der Waals surface area contributed by atoms with Gasteiger partial charge in [-0.2, -0.15) is 13.2 Å². The molecule has 0 spiro atoms. The summed E-state index contributed by atoms with van der Waals surface area (Å²) in [5.74, 6) is -1.80. The number of hydrogen-bond donors (Lipinski definition) is 3. The first-order valence-electron chi connectivity index (χ1n) is 8.79. The van der Waals surface area contributed by atoms with Gasteiger partial charge in [-0.25, -0.2) is 8.42 Å². The largest absolute Gasteiger partial charge is 0.426 e. The van der Waals surface area contributed by atoms with E-state index in [1.165, 1.54) is 43.1 Å². The summed E-state index contributed by atoms with van der Waals surface area (Å²) in [5.41, 5.74) is -3.97. The molecular formula is C19H18ClF3N2O5S2. The lowest BCUT2D eigenvalue weighted by molar-refractivity contribution is -0.242. The lowest BCUT2D eigenvalue weighted by atomic mass is 10.1. The van der Waals surface area contributed by atoms with E-state index in [1.807, 2.05) is 5.32 Å². The molecule has 2 aromatic carbocycles. The summed E-state index contributed by atoms with van der Waals surface area (Å²) in [5, 5.41) is 13.4. The molecule has 0 aromatic heterocycles. The highest BCUT2D eigenvalue weighted by atomic mass is 35.5. The number of alkyl halides is 3. The molecule has 0 unspecified atom stereocenters. The molecule has 2 rings (SSSR count). The van der Waals surface area contributed by atoms with Crippen molar-refractivity contribution in [2.24, 2.45) is 0 Å². The van der Waals surface area contributed by atoms with Crippen LogP contribution in [0.15, 0.2) is 57.2 Å². The van der Waals surface area contributed by atoms with Crippen LogP contribution in [0.4, 0.5) is 18.9 Å². The predicted octanol–water partition coefficient (Wildman–Crippen LogP) is 3.26. The van der Waals surface area contributed by atoms with Crippen molar-refractivity contribution < 1.29 is 36.3 Å². The Hall–Kier alpha value is -2.28. The highest BCUT2D eigenvalue weighted by molar-refractivity contribution is 8.00. The van der Waals surface area contributed by atoms with Gasteiger partial charge < -0.3 is 15.7 Å². The third-order valence-corrected chi connectivity index (χ3v) is 7.37. The van der Waals surface area contributed by atoms with Crippen LogP contribution in [0.5, 0.6) is 0 Å². The number of nitrogens with one attached hydrogen (secondary N) is 2. The molecule has 3 N–H and O–H groups in total. The number of carbonyl (C=O) groups excluding carboxylic acids is 2. The summed E-state index contributed by atoms with van der Waals surface area (Å²) >= 11 is 7.17. The first-order valence-corrected chi connectivity index (χ1v) is 11.6. The maximum Gasteiger partial charge on any atom is 0.426 e. The van der Waals surface area contributed by atoms with E-state index in [-0.39, 0.29) is 39.1 Å². The highest BCUT2D eigenvalue weighted by Crippen LogP contribution is 2.33. The summed E-state index contributed by atoms with van der Waals surface area (Å²) in [4.78, 5) is 23.4. The number of halogens is 4. The molecule has 7 nitrogen and oxygen atoms in total. The number of thioether (sulfide) groups is 1. The van der Waals surface area contributed by atoms with Gasteiger partial charge in [0, 0.05) is 11.9 Å². The second-order valence-electron chi connectivity index (χ2n) is 6.60. The van der Waals surface area contributed by atoms with Crippen molar-refractivity contribution in [2.75, 3.05) is 18.1 Å². The number of amides is 2. The Morgan fingerprint density at radius 3 is 2.16 bits per heavy atom. The van der Waals surface area contributed by atoms with Gasteiger partial charge in [0.25, 0.3) is 5.91 Å². The summed E-state index contributed by atoms with van der Waals surface area (Å²) in [6.07, 6.45) is -5.22. The van der Waals surface area contributed by atoms with Crippen LogP contribution < -0.4 is 10.6 Å². The van der Waals surface area contributed by atoms with Gasteiger partial charge in [-0.05, 0) is 49.4 Å². The molecule has 2 aromatic rings. The molecule has 174 valence electrons. The molecule has 0 fully saturated rings. The average Bonchev–Trinajstić information content (AvgIpc) is 2.72. The highest BCUT2D eigenvalue weighted by Gasteiger charge is 2.55. The zero-order chi connectivity index (χ0) is 24.3. The van der Waals surface area contributed by atoms with Crippen molar-refractivity contribution in [2.45, 2.75) is 33.4 Å². The standard InChI is InChI=1S/C19H18ClF3N2O5S2/c1-18(28,19(21,22)23)17(27)25-15-8-7-13(9-14(15)20)32(29,30)12-5-3-11(4-6-12)31-10-16(26)24-2/h3-9,28H,10H2,1-2H3,(H,24,26)(H,25,27)/t18-/m1/s1. The predicted molar refractivity (Wildman–Crippen MR) is 113 cm³/mol. The second kappa shape index (κ2) is 9.69.